The van der Waals surface area contributed by atoms with Crippen molar-refractivity contribution in [1.29, 1.82) is 0 Å². The van der Waals surface area contributed by atoms with E-state index >= 15 is 4.32 Å². The fourth-order valence-electron chi connectivity index (χ4n) is 6.50. The van der Waals surface area contributed by atoms with Crippen LogP contribution in [0.3, 0.4) is 0 Å². The SMILES string of the molecule is CC1=CC(/C=C/c2cc3c4c(c2)CCCN4CCC3)=[N+]2C1=Cc1c(C)c(I)c(C)n1[B-]2(F)C(F)(F)F. The molecule has 5 heterocycles. The lowest BCUT2D eigenvalue weighted by Gasteiger charge is -2.38. The highest BCUT2D eigenvalue weighted by atomic mass is 127. The average molecular weight is 607 g/mol. The van der Waals surface area contributed by atoms with Gasteiger partial charge in [-0.05, 0) is 115 Å². The highest BCUT2D eigenvalue weighted by Crippen LogP contribution is 2.45. The van der Waals surface area contributed by atoms with Gasteiger partial charge in [0.05, 0.1) is 0 Å². The number of anilines is 1. The molecule has 1 aromatic heterocycles. The van der Waals surface area contributed by atoms with Crippen LogP contribution in [-0.2, 0) is 12.8 Å². The average Bonchev–Trinajstić information content (AvgIpc) is 3.27. The minimum absolute atomic E-state index is 0.220. The van der Waals surface area contributed by atoms with E-state index in [1.807, 2.05) is 28.7 Å². The lowest BCUT2D eigenvalue weighted by molar-refractivity contribution is -0.373. The molecule has 1 aromatic carbocycles. The monoisotopic (exact) mass is 607 g/mol. The second-order valence-corrected chi connectivity index (χ2v) is 11.4. The molecule has 0 saturated heterocycles. The van der Waals surface area contributed by atoms with E-state index in [2.05, 4.69) is 17.0 Å². The number of hydrogen-bond donors (Lipinski definition) is 0. The summed E-state index contributed by atoms with van der Waals surface area (Å²) in [6.45, 7) is 2.61. The summed E-state index contributed by atoms with van der Waals surface area (Å²) in [7, 11) is 0. The summed E-state index contributed by atoms with van der Waals surface area (Å²) in [6, 6.07) is 4.28. The summed E-state index contributed by atoms with van der Waals surface area (Å²) < 4.78 is 63.1. The standard InChI is InChI=1S/C27H27BF4IN3/c1-16-12-22(9-8-19-13-20-6-4-10-34-11-5-7-21(14-19)26(20)34)36-23(16)15-24-17(2)25(33)18(3)35(24)28(36,32)27(29,30)31/h8-9,12-15H,4-7,10-11H2,1-3H3/b9-8+. The van der Waals surface area contributed by atoms with E-state index in [-0.39, 0.29) is 11.4 Å². The molecular formula is C27H27BF4IN3. The number of nitrogens with zero attached hydrogens (tertiary/aromatic N) is 3. The Kier molecular flexibility index (Phi) is 5.42. The van der Waals surface area contributed by atoms with E-state index in [0.29, 0.717) is 26.1 Å². The van der Waals surface area contributed by atoms with Crippen LogP contribution in [0.1, 0.15) is 53.4 Å². The zero-order valence-corrected chi connectivity index (χ0v) is 22.7. The number of hydrogen-bond acceptors (Lipinski definition) is 1. The maximum Gasteiger partial charge on any atom is 0.649 e. The van der Waals surface area contributed by atoms with Crippen LogP contribution in [0.15, 0.2) is 35.6 Å². The second kappa shape index (κ2) is 8.10. The molecule has 0 fully saturated rings. The molecule has 1 atom stereocenters. The van der Waals surface area contributed by atoms with E-state index in [4.69, 9.17) is 0 Å². The number of halogens is 5. The van der Waals surface area contributed by atoms with Gasteiger partial charge in [0, 0.05) is 51.8 Å². The maximum absolute atomic E-state index is 16.7. The largest absolute Gasteiger partial charge is 0.649 e. The summed E-state index contributed by atoms with van der Waals surface area (Å²) >= 11 is 2.01. The first kappa shape index (κ1) is 24.1. The fourth-order valence-corrected chi connectivity index (χ4v) is 7.04. The Morgan fingerprint density at radius 3 is 2.25 bits per heavy atom. The van der Waals surface area contributed by atoms with Gasteiger partial charge in [-0.3, -0.25) is 0 Å². The minimum Gasteiger partial charge on any atom is -0.421 e. The van der Waals surface area contributed by atoms with E-state index in [9.17, 15) is 13.2 Å². The van der Waals surface area contributed by atoms with Crippen molar-refractivity contribution >= 4 is 52.8 Å². The van der Waals surface area contributed by atoms with Crippen molar-refractivity contribution < 1.29 is 22.0 Å². The van der Waals surface area contributed by atoms with Crippen molar-refractivity contribution in [2.24, 2.45) is 0 Å². The van der Waals surface area contributed by atoms with Gasteiger partial charge in [-0.15, -0.1) is 0 Å². The Hall–Kier alpha value is -2.30. The van der Waals surface area contributed by atoms with Gasteiger partial charge < -0.3 is 18.2 Å². The molecule has 3 nitrogen and oxygen atoms in total. The van der Waals surface area contributed by atoms with Gasteiger partial charge in [0.25, 0.3) is 0 Å². The van der Waals surface area contributed by atoms with Crippen molar-refractivity contribution in [3.05, 3.63) is 72.8 Å². The van der Waals surface area contributed by atoms with E-state index in [0.717, 1.165) is 53.3 Å². The van der Waals surface area contributed by atoms with Crippen molar-refractivity contribution in [2.75, 3.05) is 18.0 Å². The van der Waals surface area contributed by atoms with Crippen LogP contribution in [0.4, 0.5) is 23.2 Å². The van der Waals surface area contributed by atoms with E-state index in [1.165, 1.54) is 16.8 Å². The molecule has 0 spiro atoms. The molecule has 36 heavy (non-hydrogen) atoms. The highest BCUT2D eigenvalue weighted by molar-refractivity contribution is 14.1. The summed E-state index contributed by atoms with van der Waals surface area (Å²) in [5, 5.41) is 0. The topological polar surface area (TPSA) is 11.2 Å². The Labute approximate surface area is 222 Å². The van der Waals surface area contributed by atoms with Gasteiger partial charge in [-0.2, -0.15) is 13.2 Å². The van der Waals surface area contributed by atoms with Crippen LogP contribution in [-0.4, -0.2) is 40.5 Å². The van der Waals surface area contributed by atoms with Crippen LogP contribution in [0.25, 0.3) is 12.2 Å². The molecule has 188 valence electrons. The predicted molar refractivity (Wildman–Crippen MR) is 146 cm³/mol. The van der Waals surface area contributed by atoms with Crippen molar-refractivity contribution in [3.63, 3.8) is 0 Å². The first-order chi connectivity index (χ1) is 17.0. The molecule has 6 rings (SSSR count). The summed E-state index contributed by atoms with van der Waals surface area (Å²) in [5.74, 6) is 0. The van der Waals surface area contributed by atoms with Crippen LogP contribution in [0, 0.1) is 17.4 Å². The summed E-state index contributed by atoms with van der Waals surface area (Å²) in [4.78, 5) is 2.46. The number of fused-ring (bicyclic) bond motifs is 2. The van der Waals surface area contributed by atoms with Gasteiger partial charge in [0.1, 0.15) is 0 Å². The summed E-state index contributed by atoms with van der Waals surface area (Å²) in [5.41, 5.74) is 7.28. The van der Waals surface area contributed by atoms with Crippen LogP contribution in [0.5, 0.6) is 0 Å². The lowest BCUT2D eigenvalue weighted by Crippen LogP contribution is -2.64. The Balaban J connectivity index is 1.51. The van der Waals surface area contributed by atoms with Gasteiger partial charge in [-0.1, -0.05) is 0 Å². The van der Waals surface area contributed by atoms with Crippen molar-refractivity contribution in [3.8, 4) is 0 Å². The molecule has 0 amide bonds. The zero-order valence-electron chi connectivity index (χ0n) is 20.5. The van der Waals surface area contributed by atoms with Crippen LogP contribution >= 0.6 is 22.6 Å². The number of alkyl halides is 3. The zero-order chi connectivity index (χ0) is 25.6. The molecule has 4 aliphatic rings. The van der Waals surface area contributed by atoms with Crippen LogP contribution in [0.2, 0.25) is 0 Å². The second-order valence-electron chi connectivity index (χ2n) is 10.4. The fraction of sp³-hybridized carbons (Fsp3) is 0.370. The first-order valence-corrected chi connectivity index (χ1v) is 13.5. The third-order valence-electron chi connectivity index (χ3n) is 8.13. The molecule has 0 aliphatic carbocycles. The lowest BCUT2D eigenvalue weighted by atomic mass is 9.64. The molecule has 2 aromatic rings. The number of allylic oxidation sites excluding steroid dienone is 3. The van der Waals surface area contributed by atoms with Gasteiger partial charge in [0.15, 0.2) is 11.4 Å². The van der Waals surface area contributed by atoms with Gasteiger partial charge >= 0.3 is 12.8 Å². The smallest absolute Gasteiger partial charge is 0.421 e. The normalized spacial score (nSPS) is 23.1. The third-order valence-corrected chi connectivity index (χ3v) is 9.72. The number of benzene rings is 1. The van der Waals surface area contributed by atoms with Gasteiger partial charge in [0.2, 0.25) is 0 Å². The molecular weight excluding hydrogens is 580 g/mol. The molecule has 0 saturated carbocycles. The molecule has 1 unspecified atom stereocenters. The van der Waals surface area contributed by atoms with Crippen LogP contribution < -0.4 is 4.90 Å². The predicted octanol–water partition coefficient (Wildman–Crippen LogP) is 6.75. The van der Waals surface area contributed by atoms with Crippen molar-refractivity contribution in [1.82, 2.24) is 4.48 Å². The van der Waals surface area contributed by atoms with Crippen molar-refractivity contribution in [2.45, 2.75) is 52.5 Å². The number of aryl methyl sites for hydroxylation is 2. The van der Waals surface area contributed by atoms with Gasteiger partial charge in [-0.25, -0.2) is 0 Å². The molecule has 0 N–H and O–H groups in total. The molecule has 9 heteroatoms. The molecule has 4 aliphatic heterocycles. The van der Waals surface area contributed by atoms with E-state index < -0.39 is 12.8 Å². The minimum atomic E-state index is -5.09. The third kappa shape index (κ3) is 3.26. The number of aromatic nitrogens is 1. The molecule has 0 radical (unpaired) electrons. The maximum atomic E-state index is 16.7. The Morgan fingerprint density at radius 2 is 1.64 bits per heavy atom. The molecule has 0 bridgehead atoms. The first-order valence-electron chi connectivity index (χ1n) is 12.5. The summed E-state index contributed by atoms with van der Waals surface area (Å²) in [6.07, 6.45) is 5.98. The number of rotatable bonds is 2. The quantitative estimate of drug-likeness (QED) is 0.209. The Bertz CT molecular complexity index is 1410. The Morgan fingerprint density at radius 1 is 1.00 bits per heavy atom. The van der Waals surface area contributed by atoms with E-state index in [1.54, 1.807) is 39.0 Å². The highest BCUT2D eigenvalue weighted by Gasteiger charge is 2.69.